The first-order valence-electron chi connectivity index (χ1n) is 9.62. The Bertz CT molecular complexity index is 927. The van der Waals surface area contributed by atoms with Gasteiger partial charge in [-0.3, -0.25) is 15.6 Å². The number of carbonyl (C=O) groups excluding carboxylic acids is 1. The Kier molecular flexibility index (Phi) is 9.22. The molecule has 7 nitrogen and oxygen atoms in total. The van der Waals surface area contributed by atoms with Crippen molar-refractivity contribution < 1.29 is 13.2 Å². The molecule has 1 heterocycles. The highest BCUT2D eigenvalue weighted by atomic mass is 32.2. The average molecular weight is 469 g/mol. The zero-order chi connectivity index (χ0) is 22.1. The summed E-state index contributed by atoms with van der Waals surface area (Å²) >= 11 is 6.84. The van der Waals surface area contributed by atoms with Crippen LogP contribution in [0.15, 0.2) is 46.7 Å². The first-order valence-corrected chi connectivity index (χ1v) is 12.4. The molecule has 0 saturated heterocycles. The lowest BCUT2D eigenvalue weighted by Crippen LogP contribution is -2.54. The molecule has 1 aromatic heterocycles. The van der Waals surface area contributed by atoms with Crippen molar-refractivity contribution in [2.24, 2.45) is 5.92 Å². The Morgan fingerprint density at radius 3 is 2.43 bits per heavy atom. The van der Waals surface area contributed by atoms with Crippen LogP contribution in [0.1, 0.15) is 30.7 Å². The standard InChI is InChI=1S/C20H28N4O3S3/c1-14(2)13-18(24-30(26,27)17-8-6-15(3)7-9-17)19(25)22-23-20(28)21-11-10-16-5-4-12-29-16/h4-9,12,14,18,24H,10-11,13H2,1-3H3,(H,22,25)(H2,21,23,28). The molecule has 1 unspecified atom stereocenters. The van der Waals surface area contributed by atoms with Gasteiger partial charge < -0.3 is 5.32 Å². The van der Waals surface area contributed by atoms with E-state index in [0.717, 1.165) is 12.0 Å². The van der Waals surface area contributed by atoms with Crippen LogP contribution in [-0.2, 0) is 21.2 Å². The minimum absolute atomic E-state index is 0.109. The summed E-state index contributed by atoms with van der Waals surface area (Å²) in [7, 11) is -3.83. The number of carbonyl (C=O) groups is 1. The highest BCUT2D eigenvalue weighted by molar-refractivity contribution is 7.89. The van der Waals surface area contributed by atoms with Gasteiger partial charge in [-0.15, -0.1) is 11.3 Å². The molecule has 1 atom stereocenters. The van der Waals surface area contributed by atoms with Gasteiger partial charge in [0.25, 0.3) is 5.91 Å². The molecule has 10 heteroatoms. The van der Waals surface area contributed by atoms with Gasteiger partial charge in [-0.25, -0.2) is 8.42 Å². The van der Waals surface area contributed by atoms with E-state index in [1.54, 1.807) is 23.5 Å². The van der Waals surface area contributed by atoms with E-state index in [-0.39, 0.29) is 15.9 Å². The van der Waals surface area contributed by atoms with Crippen LogP contribution in [0.3, 0.4) is 0 Å². The largest absolute Gasteiger partial charge is 0.361 e. The fourth-order valence-electron chi connectivity index (χ4n) is 2.66. The van der Waals surface area contributed by atoms with E-state index in [9.17, 15) is 13.2 Å². The third-order valence-corrected chi connectivity index (χ3v) is 6.86. The monoisotopic (exact) mass is 468 g/mol. The van der Waals surface area contributed by atoms with Crippen molar-refractivity contribution in [2.75, 3.05) is 6.54 Å². The number of amides is 1. The lowest BCUT2D eigenvalue weighted by atomic mass is 10.0. The molecule has 0 aliphatic heterocycles. The van der Waals surface area contributed by atoms with Crippen molar-refractivity contribution in [1.29, 1.82) is 0 Å². The third kappa shape index (κ3) is 8.02. The highest BCUT2D eigenvalue weighted by Gasteiger charge is 2.26. The molecule has 0 bridgehead atoms. The van der Waals surface area contributed by atoms with E-state index in [4.69, 9.17) is 12.2 Å². The Hall–Kier alpha value is -2.01. The Morgan fingerprint density at radius 1 is 1.13 bits per heavy atom. The van der Waals surface area contributed by atoms with Crippen LogP contribution in [-0.4, -0.2) is 32.0 Å². The SMILES string of the molecule is Cc1ccc(S(=O)(=O)NC(CC(C)C)C(=O)NNC(=S)NCCc2cccs2)cc1. The lowest BCUT2D eigenvalue weighted by molar-refractivity contribution is -0.123. The van der Waals surface area contributed by atoms with Crippen LogP contribution in [0.2, 0.25) is 0 Å². The average Bonchev–Trinajstić information content (AvgIpc) is 3.19. The first-order chi connectivity index (χ1) is 14.2. The number of thiocarbonyl (C=S) groups is 1. The van der Waals surface area contributed by atoms with Gasteiger partial charge in [0.05, 0.1) is 4.90 Å². The number of sulfonamides is 1. The molecule has 0 radical (unpaired) electrons. The van der Waals surface area contributed by atoms with Gasteiger partial charge in [-0.2, -0.15) is 4.72 Å². The van der Waals surface area contributed by atoms with E-state index in [2.05, 4.69) is 20.9 Å². The van der Waals surface area contributed by atoms with E-state index >= 15 is 0 Å². The molecule has 2 aromatic rings. The maximum Gasteiger partial charge on any atom is 0.256 e. The second-order valence-electron chi connectivity index (χ2n) is 7.32. The number of thiophene rings is 1. The third-order valence-electron chi connectivity index (χ3n) is 4.19. The van der Waals surface area contributed by atoms with Gasteiger partial charge >= 0.3 is 0 Å². The van der Waals surface area contributed by atoms with E-state index < -0.39 is 22.0 Å². The van der Waals surface area contributed by atoms with Crippen molar-refractivity contribution in [3.05, 3.63) is 52.2 Å². The number of nitrogens with one attached hydrogen (secondary N) is 4. The van der Waals surface area contributed by atoms with Crippen molar-refractivity contribution in [3.63, 3.8) is 0 Å². The van der Waals surface area contributed by atoms with Gasteiger partial charge in [0, 0.05) is 11.4 Å². The molecule has 0 fully saturated rings. The Labute approximate surface area is 187 Å². The number of hydrogen-bond donors (Lipinski definition) is 4. The molecular formula is C20H28N4O3S3. The quantitative estimate of drug-likeness (QED) is 0.333. The molecule has 30 heavy (non-hydrogen) atoms. The van der Waals surface area contributed by atoms with Crippen molar-refractivity contribution in [1.82, 2.24) is 20.9 Å². The topological polar surface area (TPSA) is 99.3 Å². The van der Waals surface area contributed by atoms with Crippen molar-refractivity contribution in [3.8, 4) is 0 Å². The predicted molar refractivity (Wildman–Crippen MR) is 125 cm³/mol. The minimum atomic E-state index is -3.83. The molecule has 4 N–H and O–H groups in total. The molecule has 164 valence electrons. The number of hydrogen-bond acceptors (Lipinski definition) is 5. The normalized spacial score (nSPS) is 12.4. The molecule has 0 aliphatic rings. The number of hydrazine groups is 1. The van der Waals surface area contributed by atoms with Gasteiger partial charge in [0.2, 0.25) is 10.0 Å². The Balaban J connectivity index is 1.90. The second kappa shape index (κ2) is 11.4. The molecule has 0 saturated carbocycles. The number of aryl methyl sites for hydroxylation is 1. The number of benzene rings is 1. The summed E-state index contributed by atoms with van der Waals surface area (Å²) in [6.45, 7) is 6.34. The van der Waals surface area contributed by atoms with Crippen LogP contribution < -0.4 is 20.9 Å². The molecule has 1 amide bonds. The zero-order valence-corrected chi connectivity index (χ0v) is 19.7. The second-order valence-corrected chi connectivity index (χ2v) is 10.5. The van der Waals surface area contributed by atoms with Crippen LogP contribution in [0, 0.1) is 12.8 Å². The lowest BCUT2D eigenvalue weighted by Gasteiger charge is -2.21. The van der Waals surface area contributed by atoms with E-state index in [1.807, 2.05) is 38.3 Å². The van der Waals surface area contributed by atoms with E-state index in [1.165, 1.54) is 17.0 Å². The van der Waals surface area contributed by atoms with E-state index in [0.29, 0.717) is 13.0 Å². The molecule has 0 aliphatic carbocycles. The molecule has 1 aromatic carbocycles. The summed E-state index contributed by atoms with van der Waals surface area (Å²) in [4.78, 5) is 14.0. The van der Waals surface area contributed by atoms with Gasteiger partial charge in [-0.05, 0) is 61.5 Å². The fraction of sp³-hybridized carbons (Fsp3) is 0.400. The van der Waals surface area contributed by atoms with Gasteiger partial charge in [-0.1, -0.05) is 37.6 Å². The number of rotatable bonds is 9. The molecule has 2 rings (SSSR count). The Morgan fingerprint density at radius 2 is 1.83 bits per heavy atom. The maximum absolute atomic E-state index is 12.7. The zero-order valence-electron chi connectivity index (χ0n) is 17.3. The van der Waals surface area contributed by atoms with Crippen LogP contribution in [0.25, 0.3) is 0 Å². The summed E-state index contributed by atoms with van der Waals surface area (Å²) in [6.07, 6.45) is 1.16. The summed E-state index contributed by atoms with van der Waals surface area (Å²) in [5.41, 5.74) is 6.09. The molecule has 0 spiro atoms. The van der Waals surface area contributed by atoms with Gasteiger partial charge in [0.1, 0.15) is 6.04 Å². The fourth-order valence-corrected chi connectivity index (χ4v) is 4.73. The summed E-state index contributed by atoms with van der Waals surface area (Å²) in [5, 5.41) is 5.29. The summed E-state index contributed by atoms with van der Waals surface area (Å²) in [5.74, 6) is -0.390. The maximum atomic E-state index is 12.7. The minimum Gasteiger partial charge on any atom is -0.361 e. The summed E-state index contributed by atoms with van der Waals surface area (Å²) < 4.78 is 27.9. The predicted octanol–water partition coefficient (Wildman–Crippen LogP) is 2.49. The molecular weight excluding hydrogens is 440 g/mol. The van der Waals surface area contributed by atoms with Gasteiger partial charge in [0.15, 0.2) is 5.11 Å². The first kappa shape index (κ1) is 24.3. The van der Waals surface area contributed by atoms with Crippen molar-refractivity contribution >= 4 is 44.6 Å². The summed E-state index contributed by atoms with van der Waals surface area (Å²) in [6, 6.07) is 9.57. The smallest absolute Gasteiger partial charge is 0.256 e. The van der Waals surface area contributed by atoms with Crippen LogP contribution in [0.5, 0.6) is 0 Å². The van der Waals surface area contributed by atoms with Crippen LogP contribution >= 0.6 is 23.6 Å². The van der Waals surface area contributed by atoms with Crippen LogP contribution in [0.4, 0.5) is 0 Å². The van der Waals surface area contributed by atoms with Crippen molar-refractivity contribution in [2.45, 2.75) is 44.6 Å². The highest BCUT2D eigenvalue weighted by Crippen LogP contribution is 2.13.